The van der Waals surface area contributed by atoms with E-state index in [1.165, 1.54) is 0 Å². The van der Waals surface area contributed by atoms with Gasteiger partial charge in [-0.25, -0.2) is 4.79 Å². The Hall–Kier alpha value is -0.900. The third-order valence-corrected chi connectivity index (χ3v) is 0.856. The van der Waals surface area contributed by atoms with E-state index in [9.17, 15) is 26.7 Å². The first-order chi connectivity index (χ1) is 4.81. The smallest absolute Gasteiger partial charge is 0.234 e. The van der Waals surface area contributed by atoms with Gasteiger partial charge in [0.25, 0.3) is 0 Å². The summed E-state index contributed by atoms with van der Waals surface area (Å²) in [7, 11) is 0. The number of allylic oxidation sites excluding steroid dienone is 1. The molecule has 0 bridgehead atoms. The molecule has 0 atom stereocenters. The molecule has 1 nitrogen and oxygen atoms in total. The maximum atomic E-state index is 11.8. The van der Waals surface area contributed by atoms with Gasteiger partial charge in [-0.3, -0.25) is 0 Å². The van der Waals surface area contributed by atoms with Gasteiger partial charge >= 0.3 is 12.1 Å². The van der Waals surface area contributed by atoms with E-state index in [1.54, 1.807) is 0 Å². The van der Waals surface area contributed by atoms with Crippen LogP contribution >= 0.6 is 0 Å². The Labute approximate surface area is 58.5 Å². The van der Waals surface area contributed by atoms with Gasteiger partial charge in [0.05, 0.1) is 0 Å². The van der Waals surface area contributed by atoms with Crippen LogP contribution in [0.15, 0.2) is 6.08 Å². The number of rotatable bonds is 2. The lowest BCUT2D eigenvalue weighted by molar-refractivity contribution is -0.280. The second-order valence-electron chi connectivity index (χ2n) is 1.73. The number of hydrogen-bond donors (Lipinski definition) is 0. The van der Waals surface area contributed by atoms with Crippen LogP contribution in [0, 0.1) is 0 Å². The number of carbonyl (C=O) groups excluding carboxylic acids is 1. The second kappa shape index (κ2) is 3.00. The van der Waals surface area contributed by atoms with Crippen molar-refractivity contribution in [3.05, 3.63) is 6.08 Å². The summed E-state index contributed by atoms with van der Waals surface area (Å²) < 4.78 is 57.3. The molecule has 0 unspecified atom stereocenters. The molecule has 0 saturated carbocycles. The van der Waals surface area contributed by atoms with Crippen LogP contribution in [-0.2, 0) is 4.79 Å². The van der Waals surface area contributed by atoms with Crippen molar-refractivity contribution in [2.75, 3.05) is 0 Å². The van der Waals surface area contributed by atoms with Gasteiger partial charge in [-0.15, -0.1) is 0 Å². The highest BCUT2D eigenvalue weighted by Crippen LogP contribution is 2.37. The van der Waals surface area contributed by atoms with Crippen molar-refractivity contribution in [3.8, 4) is 0 Å². The van der Waals surface area contributed by atoms with E-state index < -0.39 is 18.5 Å². The highest BCUT2D eigenvalue weighted by molar-refractivity contribution is 5.44. The van der Waals surface area contributed by atoms with Crippen molar-refractivity contribution in [2.45, 2.75) is 18.5 Å². The lowest BCUT2D eigenvalue weighted by atomic mass is 10.2. The number of halogens is 5. The molecule has 0 aliphatic carbocycles. The number of hydrogen-bond acceptors (Lipinski definition) is 1. The van der Waals surface area contributed by atoms with Crippen molar-refractivity contribution in [1.29, 1.82) is 0 Å². The molecule has 0 aromatic rings. The summed E-state index contributed by atoms with van der Waals surface area (Å²) in [6.07, 6.45) is -7.14. The van der Waals surface area contributed by atoms with E-state index in [4.69, 9.17) is 0 Å². The van der Waals surface area contributed by atoms with Gasteiger partial charge in [0.15, 0.2) is 0 Å². The zero-order valence-corrected chi connectivity index (χ0v) is 5.08. The molecule has 0 radical (unpaired) electrons. The Balaban J connectivity index is 4.33. The Kier molecular flexibility index (Phi) is 2.76. The third kappa shape index (κ3) is 2.67. The fraction of sp³-hybridized carbons (Fsp3) is 0.600. The lowest BCUT2D eigenvalue weighted by Crippen LogP contribution is -2.35. The van der Waals surface area contributed by atoms with E-state index in [1.807, 2.05) is 0 Å². The zero-order chi connectivity index (χ0) is 9.12. The Morgan fingerprint density at radius 1 is 1.18 bits per heavy atom. The van der Waals surface area contributed by atoms with Gasteiger partial charge in [-0.05, 0) is 0 Å². The maximum absolute atomic E-state index is 11.8. The first-order valence-corrected chi connectivity index (χ1v) is 2.45. The first-order valence-electron chi connectivity index (χ1n) is 2.45. The highest BCUT2D eigenvalue weighted by Gasteiger charge is 2.56. The summed E-state index contributed by atoms with van der Waals surface area (Å²) in [6, 6.07) is 0. The fourth-order valence-corrected chi connectivity index (χ4v) is 0.286. The van der Waals surface area contributed by atoms with Crippen molar-refractivity contribution in [2.24, 2.45) is 0 Å². The van der Waals surface area contributed by atoms with Crippen molar-refractivity contribution >= 4 is 5.94 Å². The van der Waals surface area contributed by atoms with Crippen LogP contribution in [0.4, 0.5) is 22.0 Å². The molecule has 0 aliphatic heterocycles. The average Bonchev–Trinajstić information content (AvgIpc) is 1.81. The molecule has 0 amide bonds. The maximum Gasteiger partial charge on any atom is 0.453 e. The van der Waals surface area contributed by atoms with Crippen LogP contribution in [0.2, 0.25) is 0 Å². The second-order valence-corrected chi connectivity index (χ2v) is 1.73. The van der Waals surface area contributed by atoms with Crippen LogP contribution in [0.3, 0.4) is 0 Å². The summed E-state index contributed by atoms with van der Waals surface area (Å²) in [6.45, 7) is 0. The molecule has 11 heavy (non-hydrogen) atoms. The van der Waals surface area contributed by atoms with Crippen LogP contribution in [0.5, 0.6) is 0 Å². The summed E-state index contributed by atoms with van der Waals surface area (Å²) in [4.78, 5) is 9.30. The molecule has 6 heteroatoms. The molecule has 0 saturated heterocycles. The monoisotopic (exact) mass is 174 g/mol. The van der Waals surface area contributed by atoms with Crippen LogP contribution < -0.4 is 0 Å². The van der Waals surface area contributed by atoms with Gasteiger partial charge in [0.2, 0.25) is 0 Å². The minimum atomic E-state index is -5.60. The van der Waals surface area contributed by atoms with E-state index in [-0.39, 0.29) is 6.08 Å². The van der Waals surface area contributed by atoms with Gasteiger partial charge in [-0.2, -0.15) is 22.0 Å². The summed E-state index contributed by atoms with van der Waals surface area (Å²) in [5, 5.41) is 0. The Morgan fingerprint density at radius 3 is 1.91 bits per heavy atom. The standard InChI is InChI=1S/C5H3F5O/c6-4(7,2-1-3-11)5(8,9)10/h1H,2H2. The molecule has 0 aliphatic rings. The Bertz CT molecular complexity index is 176. The molecular formula is C5H3F5O. The summed E-state index contributed by atoms with van der Waals surface area (Å²) in [5.41, 5.74) is 0. The predicted octanol–water partition coefficient (Wildman–Crippen LogP) is 1.96. The molecular weight excluding hydrogens is 171 g/mol. The fourth-order valence-electron chi connectivity index (χ4n) is 0.286. The molecule has 0 heterocycles. The quantitative estimate of drug-likeness (QED) is 0.462. The zero-order valence-electron chi connectivity index (χ0n) is 5.08. The molecule has 0 rings (SSSR count). The van der Waals surface area contributed by atoms with Crippen LogP contribution in [0.1, 0.15) is 6.42 Å². The highest BCUT2D eigenvalue weighted by atomic mass is 19.4. The van der Waals surface area contributed by atoms with E-state index in [2.05, 4.69) is 0 Å². The van der Waals surface area contributed by atoms with Crippen LogP contribution in [0.25, 0.3) is 0 Å². The summed E-state index contributed by atoms with van der Waals surface area (Å²) in [5.74, 6) is -3.99. The Morgan fingerprint density at radius 2 is 1.64 bits per heavy atom. The van der Waals surface area contributed by atoms with E-state index in [0.717, 1.165) is 5.94 Å². The van der Waals surface area contributed by atoms with Gasteiger partial charge in [-0.1, -0.05) is 0 Å². The molecule has 0 fully saturated rings. The normalized spacial score (nSPS) is 12.5. The lowest BCUT2D eigenvalue weighted by Gasteiger charge is -2.16. The third-order valence-electron chi connectivity index (χ3n) is 0.856. The topological polar surface area (TPSA) is 17.1 Å². The van der Waals surface area contributed by atoms with Gasteiger partial charge in [0.1, 0.15) is 5.94 Å². The van der Waals surface area contributed by atoms with E-state index in [0.29, 0.717) is 0 Å². The van der Waals surface area contributed by atoms with Gasteiger partial charge < -0.3 is 0 Å². The number of alkyl halides is 5. The minimum absolute atomic E-state index is 0.105. The van der Waals surface area contributed by atoms with Crippen molar-refractivity contribution in [3.63, 3.8) is 0 Å². The largest absolute Gasteiger partial charge is 0.453 e. The molecule has 0 N–H and O–H groups in total. The summed E-state index contributed by atoms with van der Waals surface area (Å²) >= 11 is 0. The molecule has 0 aromatic heterocycles. The average molecular weight is 174 g/mol. The molecule has 64 valence electrons. The van der Waals surface area contributed by atoms with Crippen molar-refractivity contribution in [1.82, 2.24) is 0 Å². The van der Waals surface area contributed by atoms with Gasteiger partial charge in [0, 0.05) is 12.5 Å². The van der Waals surface area contributed by atoms with Crippen LogP contribution in [-0.4, -0.2) is 18.0 Å². The van der Waals surface area contributed by atoms with E-state index >= 15 is 0 Å². The predicted molar refractivity (Wildman–Crippen MR) is 25.9 cm³/mol. The minimum Gasteiger partial charge on any atom is -0.234 e. The molecule has 0 spiro atoms. The van der Waals surface area contributed by atoms with Crippen molar-refractivity contribution < 1.29 is 26.7 Å². The SMILES string of the molecule is O=C=CCC(F)(F)C(F)(F)F. The molecule has 0 aromatic carbocycles. The first kappa shape index (κ1) is 10.1.